The van der Waals surface area contributed by atoms with E-state index in [0.29, 0.717) is 6.42 Å². The maximum Gasteiger partial charge on any atom is 0.310 e. The lowest BCUT2D eigenvalue weighted by molar-refractivity contribution is -0.154. The second kappa shape index (κ2) is 9.64. The minimum absolute atomic E-state index is 0.00999. The Morgan fingerprint density at radius 3 is 2.44 bits per heavy atom. The maximum absolute atomic E-state index is 14.0. The van der Waals surface area contributed by atoms with Gasteiger partial charge in [0, 0.05) is 10.8 Å². The van der Waals surface area contributed by atoms with Crippen LogP contribution in [0.2, 0.25) is 0 Å². The van der Waals surface area contributed by atoms with E-state index in [1.54, 1.807) is 23.6 Å². The zero-order valence-corrected chi connectivity index (χ0v) is 23.0. The van der Waals surface area contributed by atoms with Gasteiger partial charge in [0.05, 0.1) is 35.8 Å². The first kappa shape index (κ1) is 27.3. The molecule has 3 aliphatic rings. The third-order valence-electron chi connectivity index (χ3n) is 7.82. The Bertz CT molecular complexity index is 810. The van der Waals surface area contributed by atoms with Crippen molar-refractivity contribution in [2.75, 3.05) is 13.2 Å². The quantitative estimate of drug-likeness (QED) is 0.475. The average Bonchev–Trinajstić information content (AvgIpc) is 3.34. The van der Waals surface area contributed by atoms with E-state index in [0.717, 1.165) is 19.3 Å². The zero-order chi connectivity index (χ0) is 25.6. The molecule has 3 heterocycles. The van der Waals surface area contributed by atoms with E-state index in [4.69, 9.17) is 4.74 Å². The molecule has 7 atom stereocenters. The van der Waals surface area contributed by atoms with Gasteiger partial charge in [-0.25, -0.2) is 0 Å². The van der Waals surface area contributed by atoms with E-state index in [1.165, 1.54) is 0 Å². The van der Waals surface area contributed by atoms with E-state index >= 15 is 0 Å². The summed E-state index contributed by atoms with van der Waals surface area (Å²) in [4.78, 5) is 42.7. The van der Waals surface area contributed by atoms with Gasteiger partial charge in [-0.05, 0) is 51.4 Å². The lowest BCUT2D eigenvalue weighted by Crippen LogP contribution is -2.61. The molecule has 3 fully saturated rings. The summed E-state index contributed by atoms with van der Waals surface area (Å²) in [6, 6.07) is -1.19. The number of hydrogen-bond acceptors (Lipinski definition) is 6. The minimum atomic E-state index is -0.718. The molecule has 7 nitrogen and oxygen atoms in total. The number of esters is 1. The highest BCUT2D eigenvalue weighted by molar-refractivity contribution is 8.02. The van der Waals surface area contributed by atoms with Gasteiger partial charge >= 0.3 is 5.97 Å². The number of amides is 2. The summed E-state index contributed by atoms with van der Waals surface area (Å²) in [5.74, 6) is -1.80. The molecule has 0 saturated carbocycles. The number of ether oxygens (including phenoxy) is 1. The molecule has 34 heavy (non-hydrogen) atoms. The average molecular weight is 497 g/mol. The lowest BCUT2D eigenvalue weighted by atomic mass is 9.71. The van der Waals surface area contributed by atoms with Gasteiger partial charge in [0.15, 0.2) is 0 Å². The highest BCUT2D eigenvalue weighted by atomic mass is 32.2. The van der Waals surface area contributed by atoms with Crippen LogP contribution in [0.15, 0.2) is 0 Å². The Morgan fingerprint density at radius 1 is 1.26 bits per heavy atom. The van der Waals surface area contributed by atoms with Crippen LogP contribution in [0.25, 0.3) is 0 Å². The topological polar surface area (TPSA) is 95.9 Å². The third-order valence-corrected chi connectivity index (χ3v) is 9.78. The van der Waals surface area contributed by atoms with Crippen LogP contribution < -0.4 is 5.32 Å². The summed E-state index contributed by atoms with van der Waals surface area (Å²) >= 11 is 1.64. The molecule has 0 aromatic carbocycles. The predicted molar refractivity (Wildman–Crippen MR) is 134 cm³/mol. The van der Waals surface area contributed by atoms with Crippen molar-refractivity contribution in [3.8, 4) is 0 Å². The van der Waals surface area contributed by atoms with Crippen molar-refractivity contribution in [1.82, 2.24) is 10.2 Å². The predicted octanol–water partition coefficient (Wildman–Crippen LogP) is 3.38. The van der Waals surface area contributed by atoms with Crippen LogP contribution in [0.4, 0.5) is 0 Å². The summed E-state index contributed by atoms with van der Waals surface area (Å²) in [5, 5.41) is 13.6. The molecule has 2 amide bonds. The normalized spacial score (nSPS) is 32.5. The number of aliphatic hydroxyl groups is 1. The summed E-state index contributed by atoms with van der Waals surface area (Å²) < 4.78 is 4.72. The number of nitrogens with zero attached hydrogens (tertiary/aromatic N) is 1. The number of fused-ring (bicyclic) bond motifs is 1. The van der Waals surface area contributed by atoms with Crippen molar-refractivity contribution < 1.29 is 24.2 Å². The standard InChI is InChI=1S/C26H44N2O5S/c1-9-15(3)16(13-29)28-20(21(30)27-25(7,8)14-24(4,5)6)26-12-11-17(34-26)18(19(26)22(28)31)23(32)33-10-2/h15-20,29H,9-14H2,1-8H3,(H,27,30)/t15-,16-,17-,18+,19-,20?,26?/m0/s1. The first-order chi connectivity index (χ1) is 15.7. The Labute approximate surface area is 209 Å². The third kappa shape index (κ3) is 4.73. The number of rotatable bonds is 9. The molecule has 0 aliphatic carbocycles. The molecule has 2 unspecified atom stereocenters. The molecule has 8 heteroatoms. The van der Waals surface area contributed by atoms with Crippen LogP contribution >= 0.6 is 11.8 Å². The summed E-state index contributed by atoms with van der Waals surface area (Å²) in [5.41, 5.74) is -0.450. The molecular formula is C26H44N2O5S. The van der Waals surface area contributed by atoms with Crippen LogP contribution in [0.3, 0.4) is 0 Å². The first-order valence-electron chi connectivity index (χ1n) is 12.8. The van der Waals surface area contributed by atoms with Crippen molar-refractivity contribution in [3.05, 3.63) is 0 Å². The van der Waals surface area contributed by atoms with Gasteiger partial charge in [-0.3, -0.25) is 14.4 Å². The summed E-state index contributed by atoms with van der Waals surface area (Å²) in [6.07, 6.45) is 3.04. The smallest absolute Gasteiger partial charge is 0.310 e. The van der Waals surface area contributed by atoms with Gasteiger partial charge < -0.3 is 20.1 Å². The first-order valence-corrected chi connectivity index (χ1v) is 13.7. The Balaban J connectivity index is 2.04. The largest absolute Gasteiger partial charge is 0.466 e. The SMILES string of the molecule is CCOC(=O)[C@@H]1[C@@H]2CCC3(S2)C(C(=O)NC(C)(C)CC(C)(C)C)N([C@@H](CO)[C@@H](C)CC)C(=O)[C@H]13. The van der Waals surface area contributed by atoms with E-state index in [1.807, 2.05) is 27.7 Å². The van der Waals surface area contributed by atoms with Crippen LogP contribution in [0.1, 0.15) is 81.1 Å². The highest BCUT2D eigenvalue weighted by Crippen LogP contribution is 2.67. The molecule has 0 radical (unpaired) electrons. The van der Waals surface area contributed by atoms with E-state index < -0.39 is 34.2 Å². The molecule has 0 aromatic rings. The zero-order valence-electron chi connectivity index (χ0n) is 22.1. The summed E-state index contributed by atoms with van der Waals surface area (Å²) in [7, 11) is 0. The Morgan fingerprint density at radius 2 is 1.91 bits per heavy atom. The van der Waals surface area contributed by atoms with Gasteiger partial charge in [-0.15, -0.1) is 11.8 Å². The van der Waals surface area contributed by atoms with Crippen molar-refractivity contribution in [2.24, 2.45) is 23.2 Å². The number of thioether (sulfide) groups is 1. The molecule has 2 bridgehead atoms. The fourth-order valence-corrected chi connectivity index (χ4v) is 9.03. The van der Waals surface area contributed by atoms with E-state index in [2.05, 4.69) is 26.1 Å². The number of nitrogens with one attached hydrogen (secondary N) is 1. The number of aliphatic hydroxyl groups excluding tert-OH is 1. The van der Waals surface area contributed by atoms with Crippen LogP contribution in [-0.4, -0.2) is 68.6 Å². The number of carbonyl (C=O) groups excluding carboxylic acids is 3. The van der Waals surface area contributed by atoms with Crippen LogP contribution in [0.5, 0.6) is 0 Å². The molecular weight excluding hydrogens is 452 g/mol. The van der Waals surface area contributed by atoms with Crippen LogP contribution in [0, 0.1) is 23.2 Å². The Kier molecular flexibility index (Phi) is 7.74. The van der Waals surface area contributed by atoms with Crippen LogP contribution in [-0.2, 0) is 19.1 Å². The fourth-order valence-electron chi connectivity index (χ4n) is 6.84. The van der Waals surface area contributed by atoms with Crippen molar-refractivity contribution >= 4 is 29.5 Å². The van der Waals surface area contributed by atoms with Gasteiger partial charge in [0.2, 0.25) is 11.8 Å². The van der Waals surface area contributed by atoms with Gasteiger partial charge in [0.1, 0.15) is 6.04 Å². The van der Waals surface area contributed by atoms with E-state index in [-0.39, 0.29) is 47.6 Å². The molecule has 3 rings (SSSR count). The van der Waals surface area contributed by atoms with Gasteiger partial charge in [0.25, 0.3) is 0 Å². The molecule has 2 N–H and O–H groups in total. The summed E-state index contributed by atoms with van der Waals surface area (Å²) in [6.45, 7) is 16.3. The van der Waals surface area contributed by atoms with Crippen molar-refractivity contribution in [3.63, 3.8) is 0 Å². The molecule has 3 saturated heterocycles. The monoisotopic (exact) mass is 496 g/mol. The second-order valence-corrected chi connectivity index (χ2v) is 13.9. The maximum atomic E-state index is 14.0. The number of carbonyl (C=O) groups is 3. The van der Waals surface area contributed by atoms with Gasteiger partial charge in [-0.2, -0.15) is 0 Å². The van der Waals surface area contributed by atoms with Crippen molar-refractivity contribution in [1.29, 1.82) is 0 Å². The highest BCUT2D eigenvalue weighted by Gasteiger charge is 2.74. The molecule has 1 spiro atoms. The number of likely N-dealkylation sites (tertiary alicyclic amines) is 1. The fraction of sp³-hybridized carbons (Fsp3) is 0.885. The van der Waals surface area contributed by atoms with Crippen molar-refractivity contribution in [2.45, 2.75) is 109 Å². The van der Waals surface area contributed by atoms with E-state index in [9.17, 15) is 19.5 Å². The lowest BCUT2D eigenvalue weighted by Gasteiger charge is -2.41. The Hall–Kier alpha value is -1.28. The molecule has 194 valence electrons. The molecule has 3 aliphatic heterocycles. The molecule has 0 aromatic heterocycles. The number of hydrogen-bond donors (Lipinski definition) is 2. The minimum Gasteiger partial charge on any atom is -0.466 e. The second-order valence-electron chi connectivity index (χ2n) is 12.3. The van der Waals surface area contributed by atoms with Gasteiger partial charge in [-0.1, -0.05) is 41.0 Å².